The van der Waals surface area contributed by atoms with E-state index in [0.29, 0.717) is 0 Å². The van der Waals surface area contributed by atoms with Crippen molar-refractivity contribution in [3.63, 3.8) is 0 Å². The fourth-order valence-corrected chi connectivity index (χ4v) is 1.19. The minimum atomic E-state index is -4.51. The van der Waals surface area contributed by atoms with E-state index in [4.69, 9.17) is 5.11 Å². The Bertz CT molecular complexity index is 593. The van der Waals surface area contributed by atoms with Crippen molar-refractivity contribution in [2.75, 3.05) is 0 Å². The molecule has 0 bridgehead atoms. The number of alkyl halides is 3. The molecule has 0 amide bonds. The number of carboxylic acids is 1. The van der Waals surface area contributed by atoms with Gasteiger partial charge in [0.1, 0.15) is 0 Å². The van der Waals surface area contributed by atoms with Crippen molar-refractivity contribution in [3.05, 3.63) is 35.8 Å². The van der Waals surface area contributed by atoms with Crippen LogP contribution in [0.1, 0.15) is 16.1 Å². The van der Waals surface area contributed by atoms with E-state index in [2.05, 4.69) is 15.3 Å². The Morgan fingerprint density at radius 3 is 2.67 bits per heavy atom. The molecule has 2 heterocycles. The van der Waals surface area contributed by atoms with Crippen LogP contribution in [0.25, 0.3) is 5.82 Å². The summed E-state index contributed by atoms with van der Waals surface area (Å²) in [6.07, 6.45) is -2.57. The van der Waals surface area contributed by atoms with E-state index in [-0.39, 0.29) is 11.5 Å². The molecule has 0 saturated carbocycles. The predicted molar refractivity (Wildman–Crippen MR) is 51.1 cm³/mol. The quantitative estimate of drug-likeness (QED) is 0.880. The van der Waals surface area contributed by atoms with Gasteiger partial charge < -0.3 is 5.11 Å². The number of nitrogens with zero attached hydrogens (tertiary/aromatic N) is 4. The van der Waals surface area contributed by atoms with Crippen molar-refractivity contribution in [2.45, 2.75) is 6.18 Å². The highest BCUT2D eigenvalue weighted by molar-refractivity contribution is 5.84. The summed E-state index contributed by atoms with van der Waals surface area (Å²) in [5.41, 5.74) is -1.28. The molecule has 0 aliphatic carbocycles. The van der Waals surface area contributed by atoms with Crippen molar-refractivity contribution in [1.29, 1.82) is 0 Å². The number of pyridine rings is 1. The monoisotopic (exact) mass is 258 g/mol. The van der Waals surface area contributed by atoms with Crippen LogP contribution in [-0.4, -0.2) is 31.1 Å². The Kier molecular flexibility index (Phi) is 2.73. The second-order valence-electron chi connectivity index (χ2n) is 3.25. The Hall–Kier alpha value is -2.45. The van der Waals surface area contributed by atoms with E-state index in [0.717, 1.165) is 29.2 Å². The predicted octanol–water partition coefficient (Wildman–Crippen LogP) is 1.38. The summed E-state index contributed by atoms with van der Waals surface area (Å²) in [4.78, 5) is 14.2. The molecule has 18 heavy (non-hydrogen) atoms. The number of hydrogen-bond donors (Lipinski definition) is 1. The van der Waals surface area contributed by atoms with Crippen LogP contribution in [0.2, 0.25) is 0 Å². The summed E-state index contributed by atoms with van der Waals surface area (Å²) in [5, 5.41) is 15.3. The normalized spacial score (nSPS) is 11.5. The van der Waals surface area contributed by atoms with Gasteiger partial charge in [-0.05, 0) is 12.1 Å². The highest BCUT2D eigenvalue weighted by Crippen LogP contribution is 2.29. The number of carboxylic acid groups (broad SMARTS) is 1. The summed E-state index contributed by atoms with van der Waals surface area (Å²) in [6, 6.07) is 1.55. The van der Waals surface area contributed by atoms with Crippen molar-refractivity contribution in [3.8, 4) is 5.82 Å². The third-order valence-corrected chi connectivity index (χ3v) is 2.02. The molecule has 0 atom stereocenters. The molecule has 0 aliphatic heterocycles. The van der Waals surface area contributed by atoms with Crippen LogP contribution in [0.15, 0.2) is 24.5 Å². The van der Waals surface area contributed by atoms with Crippen LogP contribution in [0, 0.1) is 0 Å². The van der Waals surface area contributed by atoms with E-state index in [1.807, 2.05) is 0 Å². The molecule has 2 aromatic heterocycles. The first kappa shape index (κ1) is 12.0. The van der Waals surface area contributed by atoms with Gasteiger partial charge in [0.2, 0.25) is 0 Å². The van der Waals surface area contributed by atoms with Crippen LogP contribution in [0.5, 0.6) is 0 Å². The SMILES string of the molecule is O=C(O)c1cn(-c2cc(C(F)(F)F)ccn2)nn1. The van der Waals surface area contributed by atoms with E-state index in [1.165, 1.54) is 0 Å². The van der Waals surface area contributed by atoms with Gasteiger partial charge in [-0.15, -0.1) is 5.10 Å². The zero-order valence-electron chi connectivity index (χ0n) is 8.59. The smallest absolute Gasteiger partial charge is 0.416 e. The first-order valence-electron chi connectivity index (χ1n) is 4.57. The highest BCUT2D eigenvalue weighted by atomic mass is 19.4. The summed E-state index contributed by atoms with van der Waals surface area (Å²) in [7, 11) is 0. The van der Waals surface area contributed by atoms with Crippen molar-refractivity contribution in [2.24, 2.45) is 0 Å². The molecule has 9 heteroatoms. The van der Waals surface area contributed by atoms with Gasteiger partial charge in [-0.2, -0.15) is 13.2 Å². The fraction of sp³-hybridized carbons (Fsp3) is 0.111. The molecule has 2 aromatic rings. The maximum absolute atomic E-state index is 12.4. The highest BCUT2D eigenvalue weighted by Gasteiger charge is 2.31. The molecule has 0 fully saturated rings. The summed E-state index contributed by atoms with van der Waals surface area (Å²) in [5.74, 6) is -1.49. The lowest BCUT2D eigenvalue weighted by Gasteiger charge is -2.07. The Morgan fingerprint density at radius 1 is 1.39 bits per heavy atom. The fourth-order valence-electron chi connectivity index (χ4n) is 1.19. The zero-order chi connectivity index (χ0) is 13.3. The van der Waals surface area contributed by atoms with Gasteiger partial charge in [-0.3, -0.25) is 0 Å². The molecular weight excluding hydrogens is 253 g/mol. The number of aromatic nitrogens is 4. The van der Waals surface area contributed by atoms with Gasteiger partial charge in [0.15, 0.2) is 11.5 Å². The molecule has 0 radical (unpaired) electrons. The average molecular weight is 258 g/mol. The van der Waals surface area contributed by atoms with Crippen LogP contribution in [0.3, 0.4) is 0 Å². The molecule has 0 saturated heterocycles. The number of halogens is 3. The summed E-state index contributed by atoms with van der Waals surface area (Å²) in [6.45, 7) is 0. The number of carbonyl (C=O) groups is 1. The first-order chi connectivity index (χ1) is 8.38. The van der Waals surface area contributed by atoms with Gasteiger partial charge in [-0.25, -0.2) is 14.5 Å². The third-order valence-electron chi connectivity index (χ3n) is 2.02. The topological polar surface area (TPSA) is 80.9 Å². The van der Waals surface area contributed by atoms with Gasteiger partial charge in [-0.1, -0.05) is 5.21 Å². The molecule has 94 valence electrons. The van der Waals surface area contributed by atoms with Crippen LogP contribution < -0.4 is 0 Å². The second kappa shape index (κ2) is 4.09. The lowest BCUT2D eigenvalue weighted by Crippen LogP contribution is -2.07. The van der Waals surface area contributed by atoms with E-state index in [1.54, 1.807) is 0 Å². The zero-order valence-corrected chi connectivity index (χ0v) is 8.59. The molecule has 0 aliphatic rings. The van der Waals surface area contributed by atoms with Gasteiger partial charge >= 0.3 is 12.1 Å². The standard InChI is InChI=1S/C9H5F3N4O2/c10-9(11,12)5-1-2-13-7(3-5)16-4-6(8(17)18)14-15-16/h1-4H,(H,17,18). The average Bonchev–Trinajstić information content (AvgIpc) is 2.77. The van der Waals surface area contributed by atoms with Crippen LogP contribution in [-0.2, 0) is 6.18 Å². The molecule has 0 aromatic carbocycles. The van der Waals surface area contributed by atoms with E-state index < -0.39 is 17.7 Å². The third kappa shape index (κ3) is 2.29. The van der Waals surface area contributed by atoms with Crippen molar-refractivity contribution < 1.29 is 23.1 Å². The Balaban J connectivity index is 2.41. The maximum Gasteiger partial charge on any atom is 0.416 e. The molecule has 0 spiro atoms. The van der Waals surface area contributed by atoms with Crippen molar-refractivity contribution >= 4 is 5.97 Å². The van der Waals surface area contributed by atoms with E-state index in [9.17, 15) is 18.0 Å². The van der Waals surface area contributed by atoms with Gasteiger partial charge in [0, 0.05) is 6.20 Å². The van der Waals surface area contributed by atoms with Crippen LogP contribution in [0.4, 0.5) is 13.2 Å². The minimum Gasteiger partial charge on any atom is -0.476 e. The molecule has 0 unspecified atom stereocenters. The van der Waals surface area contributed by atoms with Gasteiger partial charge in [0.05, 0.1) is 11.8 Å². The van der Waals surface area contributed by atoms with Crippen LogP contribution >= 0.6 is 0 Å². The Labute approximate surface area is 97.7 Å². The van der Waals surface area contributed by atoms with Crippen molar-refractivity contribution in [1.82, 2.24) is 20.0 Å². The van der Waals surface area contributed by atoms with Gasteiger partial charge in [0.25, 0.3) is 0 Å². The summed E-state index contributed by atoms with van der Waals surface area (Å²) < 4.78 is 38.2. The number of aromatic carboxylic acids is 1. The number of hydrogen-bond acceptors (Lipinski definition) is 4. The molecule has 1 N–H and O–H groups in total. The van der Waals surface area contributed by atoms with E-state index >= 15 is 0 Å². The molecule has 2 rings (SSSR count). The minimum absolute atomic E-state index is 0.162. The largest absolute Gasteiger partial charge is 0.476 e. The first-order valence-corrected chi connectivity index (χ1v) is 4.57. The molecular formula is C9H5F3N4O2. The number of rotatable bonds is 2. The molecule has 6 nitrogen and oxygen atoms in total. The lowest BCUT2D eigenvalue weighted by atomic mass is 10.2. The Morgan fingerprint density at radius 2 is 2.11 bits per heavy atom. The maximum atomic E-state index is 12.4. The second-order valence-corrected chi connectivity index (χ2v) is 3.25. The lowest BCUT2D eigenvalue weighted by molar-refractivity contribution is -0.137. The summed E-state index contributed by atoms with van der Waals surface area (Å²) >= 11 is 0.